The predicted octanol–water partition coefficient (Wildman–Crippen LogP) is 4.54. The van der Waals surface area contributed by atoms with Crippen molar-refractivity contribution in [2.45, 2.75) is 83.3 Å². The molecule has 0 radical (unpaired) electrons. The first-order chi connectivity index (χ1) is 15.9. The SMILES string of the molecule is CCCCCCCCCC(=O)N1CCC(O)(Cn2cnc(-c3ccccc3F)cc2=O)CC1. The van der Waals surface area contributed by atoms with Crippen LogP contribution in [0.5, 0.6) is 0 Å². The number of carbonyl (C=O) groups is 1. The van der Waals surface area contributed by atoms with Gasteiger partial charge in [0.05, 0.1) is 24.2 Å². The largest absolute Gasteiger partial charge is 0.388 e. The Bertz CT molecular complexity index is 967. The molecule has 2 aromatic rings. The topological polar surface area (TPSA) is 75.4 Å². The molecule has 1 aliphatic heterocycles. The van der Waals surface area contributed by atoms with Gasteiger partial charge in [-0.2, -0.15) is 0 Å². The maximum absolute atomic E-state index is 14.0. The van der Waals surface area contributed by atoms with Crippen molar-refractivity contribution >= 4 is 5.91 Å². The number of aliphatic hydroxyl groups is 1. The summed E-state index contributed by atoms with van der Waals surface area (Å²) >= 11 is 0. The zero-order valence-corrected chi connectivity index (χ0v) is 19.6. The van der Waals surface area contributed by atoms with E-state index in [2.05, 4.69) is 11.9 Å². The second-order valence-corrected chi connectivity index (χ2v) is 9.20. The van der Waals surface area contributed by atoms with Crippen molar-refractivity contribution < 1.29 is 14.3 Å². The molecule has 0 aliphatic carbocycles. The summed E-state index contributed by atoms with van der Waals surface area (Å²) in [7, 11) is 0. The molecule has 1 aromatic carbocycles. The smallest absolute Gasteiger partial charge is 0.253 e. The molecular formula is C26H36FN3O3. The third-order valence-corrected chi connectivity index (χ3v) is 6.54. The summed E-state index contributed by atoms with van der Waals surface area (Å²) in [6.45, 7) is 3.29. The van der Waals surface area contributed by atoms with Gasteiger partial charge in [-0.3, -0.25) is 14.2 Å². The molecule has 1 fully saturated rings. The molecule has 6 nitrogen and oxygen atoms in total. The first kappa shape index (κ1) is 25.1. The Balaban J connectivity index is 1.47. The summed E-state index contributed by atoms with van der Waals surface area (Å²) in [5.41, 5.74) is -0.865. The fourth-order valence-corrected chi connectivity index (χ4v) is 4.40. The predicted molar refractivity (Wildman–Crippen MR) is 127 cm³/mol. The van der Waals surface area contributed by atoms with Gasteiger partial charge in [-0.25, -0.2) is 9.37 Å². The second-order valence-electron chi connectivity index (χ2n) is 9.20. The number of aromatic nitrogens is 2. The van der Waals surface area contributed by atoms with Gasteiger partial charge in [0, 0.05) is 31.1 Å². The van der Waals surface area contributed by atoms with Crippen LogP contribution in [0.2, 0.25) is 0 Å². The second kappa shape index (κ2) is 12.1. The highest BCUT2D eigenvalue weighted by atomic mass is 19.1. The molecule has 1 saturated heterocycles. The number of hydrogen-bond donors (Lipinski definition) is 1. The third kappa shape index (κ3) is 7.22. The number of likely N-dealkylation sites (tertiary alicyclic amines) is 1. The maximum atomic E-state index is 14.0. The molecule has 0 spiro atoms. The van der Waals surface area contributed by atoms with Gasteiger partial charge in [-0.05, 0) is 31.4 Å². The Kier molecular flexibility index (Phi) is 9.18. The van der Waals surface area contributed by atoms with E-state index in [0.29, 0.717) is 32.4 Å². The van der Waals surface area contributed by atoms with Gasteiger partial charge in [0.15, 0.2) is 0 Å². The van der Waals surface area contributed by atoms with Crippen molar-refractivity contribution in [3.05, 3.63) is 52.8 Å². The van der Waals surface area contributed by atoms with Crippen molar-refractivity contribution in [1.82, 2.24) is 14.5 Å². The molecule has 0 unspecified atom stereocenters. The van der Waals surface area contributed by atoms with Crippen LogP contribution in [-0.4, -0.2) is 44.2 Å². The minimum atomic E-state index is -1.07. The van der Waals surface area contributed by atoms with E-state index in [0.717, 1.165) is 12.8 Å². The molecule has 1 amide bonds. The molecule has 1 N–H and O–H groups in total. The third-order valence-electron chi connectivity index (χ3n) is 6.54. The Morgan fingerprint density at radius 1 is 1.09 bits per heavy atom. The first-order valence-corrected chi connectivity index (χ1v) is 12.2. The van der Waals surface area contributed by atoms with Crippen LogP contribution in [0.4, 0.5) is 4.39 Å². The van der Waals surface area contributed by atoms with Gasteiger partial charge in [0.2, 0.25) is 5.91 Å². The van der Waals surface area contributed by atoms with E-state index in [1.54, 1.807) is 18.2 Å². The number of piperidine rings is 1. The molecule has 7 heteroatoms. The van der Waals surface area contributed by atoms with Gasteiger partial charge in [0.1, 0.15) is 5.82 Å². The zero-order valence-electron chi connectivity index (χ0n) is 19.6. The lowest BCUT2D eigenvalue weighted by Gasteiger charge is -2.38. The number of hydrogen-bond acceptors (Lipinski definition) is 4. The van der Waals surface area contributed by atoms with E-state index >= 15 is 0 Å². The minimum Gasteiger partial charge on any atom is -0.388 e. The monoisotopic (exact) mass is 457 g/mol. The molecule has 0 saturated carbocycles. The summed E-state index contributed by atoms with van der Waals surface area (Å²) in [5.74, 6) is -0.284. The Labute approximate surface area is 195 Å². The summed E-state index contributed by atoms with van der Waals surface area (Å²) in [6.07, 6.45) is 11.0. The van der Waals surface area contributed by atoms with E-state index in [4.69, 9.17) is 0 Å². The molecule has 2 heterocycles. The van der Waals surface area contributed by atoms with Crippen LogP contribution in [0.3, 0.4) is 0 Å². The highest BCUT2D eigenvalue weighted by Crippen LogP contribution is 2.25. The molecule has 0 bridgehead atoms. The Hall–Kier alpha value is -2.54. The fourth-order valence-electron chi connectivity index (χ4n) is 4.40. The van der Waals surface area contributed by atoms with Crippen molar-refractivity contribution in [1.29, 1.82) is 0 Å². The van der Waals surface area contributed by atoms with Gasteiger partial charge in [0.25, 0.3) is 5.56 Å². The maximum Gasteiger partial charge on any atom is 0.253 e. The Morgan fingerprint density at radius 2 is 1.76 bits per heavy atom. The van der Waals surface area contributed by atoms with Crippen molar-refractivity contribution in [2.24, 2.45) is 0 Å². The molecule has 3 rings (SSSR count). The lowest BCUT2D eigenvalue weighted by molar-refractivity contribution is -0.136. The number of rotatable bonds is 11. The summed E-state index contributed by atoms with van der Waals surface area (Å²) in [6, 6.07) is 7.48. The Morgan fingerprint density at radius 3 is 2.42 bits per heavy atom. The fraction of sp³-hybridized carbons (Fsp3) is 0.577. The van der Waals surface area contributed by atoms with E-state index < -0.39 is 11.4 Å². The summed E-state index contributed by atoms with van der Waals surface area (Å²) in [4.78, 5) is 31.1. The van der Waals surface area contributed by atoms with Gasteiger partial charge < -0.3 is 10.0 Å². The van der Waals surface area contributed by atoms with Crippen LogP contribution in [0.25, 0.3) is 11.3 Å². The van der Waals surface area contributed by atoms with Crippen molar-refractivity contribution in [3.63, 3.8) is 0 Å². The van der Waals surface area contributed by atoms with Gasteiger partial charge in [-0.1, -0.05) is 57.6 Å². The van der Waals surface area contributed by atoms with Gasteiger partial charge in [-0.15, -0.1) is 0 Å². The van der Waals surface area contributed by atoms with Crippen LogP contribution in [0.15, 0.2) is 41.5 Å². The number of unbranched alkanes of at least 4 members (excludes halogenated alkanes) is 6. The molecule has 1 aliphatic rings. The van der Waals surface area contributed by atoms with E-state index in [1.807, 2.05) is 4.90 Å². The van der Waals surface area contributed by atoms with Crippen LogP contribution in [0.1, 0.15) is 71.1 Å². The van der Waals surface area contributed by atoms with Crippen LogP contribution in [0, 0.1) is 5.82 Å². The average Bonchev–Trinajstić information content (AvgIpc) is 2.80. The average molecular weight is 458 g/mol. The lowest BCUT2D eigenvalue weighted by atomic mass is 9.91. The number of benzene rings is 1. The van der Waals surface area contributed by atoms with E-state index in [1.165, 1.54) is 55.1 Å². The number of nitrogens with zero attached hydrogens (tertiary/aromatic N) is 3. The normalized spacial score (nSPS) is 15.5. The quantitative estimate of drug-likeness (QED) is 0.503. The van der Waals surface area contributed by atoms with Gasteiger partial charge >= 0.3 is 0 Å². The number of carbonyl (C=O) groups excluding carboxylic acids is 1. The number of halogens is 1. The summed E-state index contributed by atoms with van der Waals surface area (Å²) in [5, 5.41) is 11.0. The summed E-state index contributed by atoms with van der Waals surface area (Å²) < 4.78 is 15.3. The highest BCUT2D eigenvalue weighted by molar-refractivity contribution is 5.76. The molecule has 33 heavy (non-hydrogen) atoms. The zero-order chi connectivity index (χ0) is 23.7. The lowest BCUT2D eigenvalue weighted by Crippen LogP contribution is -2.49. The van der Waals surface area contributed by atoms with Crippen LogP contribution in [-0.2, 0) is 11.3 Å². The van der Waals surface area contributed by atoms with Crippen LogP contribution < -0.4 is 5.56 Å². The van der Waals surface area contributed by atoms with Crippen LogP contribution >= 0.6 is 0 Å². The molecule has 1 aromatic heterocycles. The molecule has 180 valence electrons. The first-order valence-electron chi connectivity index (χ1n) is 12.2. The van der Waals surface area contributed by atoms with Crippen molar-refractivity contribution in [3.8, 4) is 11.3 Å². The van der Waals surface area contributed by atoms with E-state index in [9.17, 15) is 19.1 Å². The minimum absolute atomic E-state index is 0.107. The number of amides is 1. The van der Waals surface area contributed by atoms with E-state index in [-0.39, 0.29) is 29.3 Å². The molecular weight excluding hydrogens is 421 g/mol. The highest BCUT2D eigenvalue weighted by Gasteiger charge is 2.34. The van der Waals surface area contributed by atoms with Crippen molar-refractivity contribution in [2.75, 3.05) is 13.1 Å². The standard InChI is InChI=1S/C26H36FN3O3/c1-2-3-4-5-6-7-8-13-24(31)29-16-14-26(33,15-17-29)19-30-20-28-23(18-25(30)32)21-11-9-10-12-22(21)27/h9-12,18,20,33H,2-8,13-17,19H2,1H3. The molecule has 0 atom stereocenters.